The number of rotatable bonds is 7. The van der Waals surface area contributed by atoms with Gasteiger partial charge in [-0.2, -0.15) is 0 Å². The summed E-state index contributed by atoms with van der Waals surface area (Å²) in [6, 6.07) is 25.2. The third-order valence-corrected chi connectivity index (χ3v) is 6.52. The minimum Gasteiger partial charge on any atom is -0.480 e. The van der Waals surface area contributed by atoms with Crippen LogP contribution in [0.5, 0.6) is 0 Å². The predicted molar refractivity (Wildman–Crippen MR) is 130 cm³/mol. The van der Waals surface area contributed by atoms with Gasteiger partial charge in [-0.3, -0.25) is 9.59 Å². The van der Waals surface area contributed by atoms with Crippen LogP contribution in [0.25, 0.3) is 11.1 Å². The van der Waals surface area contributed by atoms with Crippen molar-refractivity contribution in [3.63, 3.8) is 0 Å². The Morgan fingerprint density at radius 2 is 1.52 bits per heavy atom. The first-order valence-corrected chi connectivity index (χ1v) is 11.5. The molecule has 5 nitrogen and oxygen atoms in total. The quantitative estimate of drug-likeness (QED) is 0.492. The summed E-state index contributed by atoms with van der Waals surface area (Å²) in [5.41, 5.74) is 10.6. The molecule has 0 saturated heterocycles. The topological polar surface area (TPSA) is 92.4 Å². The van der Waals surface area contributed by atoms with Crippen LogP contribution in [-0.2, 0) is 11.2 Å². The van der Waals surface area contributed by atoms with Gasteiger partial charge in [-0.1, -0.05) is 79.6 Å². The lowest BCUT2D eigenvalue weighted by Gasteiger charge is -2.32. The smallest absolute Gasteiger partial charge is 0.320 e. The summed E-state index contributed by atoms with van der Waals surface area (Å²) < 4.78 is 0. The molecule has 3 aromatic carbocycles. The van der Waals surface area contributed by atoms with Crippen molar-refractivity contribution < 1.29 is 14.7 Å². The van der Waals surface area contributed by atoms with Crippen molar-refractivity contribution in [3.8, 4) is 11.1 Å². The normalized spacial score (nSPS) is 18.9. The molecule has 0 radical (unpaired) electrons. The molecule has 0 aromatic heterocycles. The molecular weight excluding hydrogens is 412 g/mol. The molecule has 3 aromatic rings. The van der Waals surface area contributed by atoms with Gasteiger partial charge in [0.2, 0.25) is 0 Å². The Balaban J connectivity index is 1.43. The maximum atomic E-state index is 12.9. The molecule has 1 amide bonds. The summed E-state index contributed by atoms with van der Waals surface area (Å²) >= 11 is 0. The SMILES string of the molecule is N[C@@H](Cc1ccc(C(=O)N[C@H]2CCCC[C@H]2c2ccc(-c3ccccc3)cc2)cc1)C(=O)O. The Morgan fingerprint density at radius 1 is 0.879 bits per heavy atom. The van der Waals surface area contributed by atoms with E-state index in [1.807, 2.05) is 18.2 Å². The summed E-state index contributed by atoms with van der Waals surface area (Å²) in [7, 11) is 0. The second kappa shape index (κ2) is 10.5. The predicted octanol–water partition coefficient (Wildman–Crippen LogP) is 4.76. The van der Waals surface area contributed by atoms with Gasteiger partial charge in [0.25, 0.3) is 5.91 Å². The average Bonchev–Trinajstić information content (AvgIpc) is 2.85. The monoisotopic (exact) mass is 442 g/mol. The van der Waals surface area contributed by atoms with Gasteiger partial charge >= 0.3 is 5.97 Å². The number of carbonyl (C=O) groups excluding carboxylic acids is 1. The first-order chi connectivity index (χ1) is 16.0. The summed E-state index contributed by atoms with van der Waals surface area (Å²) in [5.74, 6) is -0.834. The minimum absolute atomic E-state index is 0.0916. The van der Waals surface area contributed by atoms with E-state index in [1.54, 1.807) is 24.3 Å². The number of hydrogen-bond acceptors (Lipinski definition) is 3. The molecule has 1 fully saturated rings. The zero-order valence-electron chi connectivity index (χ0n) is 18.6. The Kier molecular flexibility index (Phi) is 7.20. The summed E-state index contributed by atoms with van der Waals surface area (Å²) in [4.78, 5) is 23.9. The third-order valence-electron chi connectivity index (χ3n) is 6.52. The van der Waals surface area contributed by atoms with Gasteiger partial charge in [-0.25, -0.2) is 0 Å². The van der Waals surface area contributed by atoms with Crippen molar-refractivity contribution in [2.75, 3.05) is 0 Å². The van der Waals surface area contributed by atoms with E-state index in [2.05, 4.69) is 41.7 Å². The molecule has 0 heterocycles. The molecule has 3 atom stereocenters. The van der Waals surface area contributed by atoms with Gasteiger partial charge in [0, 0.05) is 17.5 Å². The molecule has 33 heavy (non-hydrogen) atoms. The third kappa shape index (κ3) is 5.68. The van der Waals surface area contributed by atoms with Crippen LogP contribution < -0.4 is 11.1 Å². The Morgan fingerprint density at radius 3 is 2.18 bits per heavy atom. The molecule has 0 aliphatic heterocycles. The zero-order chi connectivity index (χ0) is 23.2. The van der Waals surface area contributed by atoms with Crippen LogP contribution in [0.15, 0.2) is 78.9 Å². The molecule has 4 N–H and O–H groups in total. The van der Waals surface area contributed by atoms with Gasteiger partial charge in [0.15, 0.2) is 0 Å². The van der Waals surface area contributed by atoms with Gasteiger partial charge in [0.1, 0.15) is 6.04 Å². The van der Waals surface area contributed by atoms with Crippen molar-refractivity contribution >= 4 is 11.9 Å². The summed E-state index contributed by atoms with van der Waals surface area (Å²) in [6.07, 6.45) is 4.52. The van der Waals surface area contributed by atoms with E-state index in [1.165, 1.54) is 16.7 Å². The lowest BCUT2D eigenvalue weighted by Crippen LogP contribution is -2.41. The highest BCUT2D eigenvalue weighted by Gasteiger charge is 2.28. The van der Waals surface area contributed by atoms with Crippen molar-refractivity contribution in [1.29, 1.82) is 0 Å². The van der Waals surface area contributed by atoms with Gasteiger partial charge in [-0.15, -0.1) is 0 Å². The molecule has 5 heteroatoms. The number of amides is 1. The summed E-state index contributed by atoms with van der Waals surface area (Å²) in [6.45, 7) is 0. The van der Waals surface area contributed by atoms with E-state index in [0.29, 0.717) is 11.5 Å². The highest BCUT2D eigenvalue weighted by Crippen LogP contribution is 2.34. The molecule has 170 valence electrons. The van der Waals surface area contributed by atoms with Crippen molar-refractivity contribution in [2.45, 2.75) is 50.1 Å². The van der Waals surface area contributed by atoms with Crippen LogP contribution in [0.2, 0.25) is 0 Å². The Hall–Kier alpha value is -3.44. The van der Waals surface area contributed by atoms with E-state index in [0.717, 1.165) is 31.2 Å². The van der Waals surface area contributed by atoms with Gasteiger partial charge in [0.05, 0.1) is 0 Å². The fourth-order valence-electron chi connectivity index (χ4n) is 4.64. The van der Waals surface area contributed by atoms with Crippen LogP contribution in [0, 0.1) is 0 Å². The van der Waals surface area contributed by atoms with Crippen LogP contribution in [0.3, 0.4) is 0 Å². The molecule has 4 rings (SSSR count). The maximum absolute atomic E-state index is 12.9. The number of benzene rings is 3. The molecule has 1 saturated carbocycles. The number of nitrogens with one attached hydrogen (secondary N) is 1. The molecule has 0 unspecified atom stereocenters. The first kappa shape index (κ1) is 22.7. The fraction of sp³-hybridized carbons (Fsp3) is 0.286. The first-order valence-electron chi connectivity index (χ1n) is 11.5. The molecule has 0 spiro atoms. The van der Waals surface area contributed by atoms with Crippen LogP contribution in [0.1, 0.15) is 53.1 Å². The number of hydrogen-bond donors (Lipinski definition) is 3. The summed E-state index contributed by atoms with van der Waals surface area (Å²) in [5, 5.41) is 12.2. The maximum Gasteiger partial charge on any atom is 0.320 e. The van der Waals surface area contributed by atoms with E-state index < -0.39 is 12.0 Å². The average molecular weight is 443 g/mol. The Labute approximate surface area is 194 Å². The Bertz CT molecular complexity index is 1080. The van der Waals surface area contributed by atoms with E-state index in [-0.39, 0.29) is 18.4 Å². The molecular formula is C28H30N2O3. The van der Waals surface area contributed by atoms with Gasteiger partial charge < -0.3 is 16.2 Å². The number of carbonyl (C=O) groups is 2. The van der Waals surface area contributed by atoms with Gasteiger partial charge in [-0.05, 0) is 53.6 Å². The lowest BCUT2D eigenvalue weighted by atomic mass is 9.79. The molecule has 1 aliphatic rings. The highest BCUT2D eigenvalue weighted by molar-refractivity contribution is 5.94. The van der Waals surface area contributed by atoms with Crippen LogP contribution in [-0.4, -0.2) is 29.1 Å². The highest BCUT2D eigenvalue weighted by atomic mass is 16.4. The number of nitrogens with two attached hydrogens (primary N) is 1. The van der Waals surface area contributed by atoms with Crippen molar-refractivity contribution in [2.24, 2.45) is 5.73 Å². The van der Waals surface area contributed by atoms with Crippen molar-refractivity contribution in [1.82, 2.24) is 5.32 Å². The second-order valence-electron chi connectivity index (χ2n) is 8.80. The molecule has 0 bridgehead atoms. The largest absolute Gasteiger partial charge is 0.480 e. The number of carboxylic acids is 1. The standard InChI is InChI=1S/C28H30N2O3/c29-25(28(32)33)18-19-10-12-23(13-11-19)27(31)30-26-9-5-4-8-24(26)22-16-14-21(15-17-22)20-6-2-1-3-7-20/h1-3,6-7,10-17,24-26H,4-5,8-9,18,29H2,(H,30,31)(H,32,33)/t24-,25-,26-/m0/s1. The fourth-order valence-corrected chi connectivity index (χ4v) is 4.64. The molecule has 1 aliphatic carbocycles. The van der Waals surface area contributed by atoms with Crippen LogP contribution >= 0.6 is 0 Å². The van der Waals surface area contributed by atoms with Crippen LogP contribution in [0.4, 0.5) is 0 Å². The van der Waals surface area contributed by atoms with E-state index in [4.69, 9.17) is 10.8 Å². The lowest BCUT2D eigenvalue weighted by molar-refractivity contribution is -0.138. The van der Waals surface area contributed by atoms with E-state index >= 15 is 0 Å². The zero-order valence-corrected chi connectivity index (χ0v) is 18.6. The minimum atomic E-state index is -1.03. The van der Waals surface area contributed by atoms with Crippen molar-refractivity contribution in [3.05, 3.63) is 95.6 Å². The van der Waals surface area contributed by atoms with E-state index in [9.17, 15) is 9.59 Å². The second-order valence-corrected chi connectivity index (χ2v) is 8.80. The number of carboxylic acid groups (broad SMARTS) is 1. The number of aliphatic carboxylic acids is 1.